The van der Waals surface area contributed by atoms with Crippen LogP contribution in [0.4, 0.5) is 4.39 Å². The van der Waals surface area contributed by atoms with E-state index in [1.54, 1.807) is 26.1 Å². The van der Waals surface area contributed by atoms with Crippen LogP contribution in [-0.2, 0) is 6.42 Å². The molecule has 78 valence electrons. The van der Waals surface area contributed by atoms with Crippen LogP contribution in [0, 0.1) is 0 Å². The zero-order chi connectivity index (χ0) is 10.8. The first-order valence-electron chi connectivity index (χ1n) is 4.43. The number of hydrogen-bond donors (Lipinski definition) is 1. The highest BCUT2D eigenvalue weighted by Crippen LogP contribution is 2.20. The maximum atomic E-state index is 13.6. The molecule has 0 aromatic carbocycles. The first-order chi connectivity index (χ1) is 6.41. The highest BCUT2D eigenvalue weighted by atomic mass is 79.9. The second-order valence-corrected chi connectivity index (χ2v) is 4.78. The molecule has 0 fully saturated rings. The Kier molecular flexibility index (Phi) is 3.61. The Morgan fingerprint density at radius 2 is 2.29 bits per heavy atom. The predicted octanol–water partition coefficient (Wildman–Crippen LogP) is 2.46. The summed E-state index contributed by atoms with van der Waals surface area (Å²) in [5.74, 6) is 0. The number of aromatic nitrogens is 1. The van der Waals surface area contributed by atoms with Gasteiger partial charge in [-0.05, 0) is 41.9 Å². The van der Waals surface area contributed by atoms with Gasteiger partial charge in [-0.15, -0.1) is 0 Å². The second-order valence-electron chi connectivity index (χ2n) is 3.92. The summed E-state index contributed by atoms with van der Waals surface area (Å²) >= 11 is 3.32. The number of halogens is 2. The quantitative estimate of drug-likeness (QED) is 0.907. The first-order valence-corrected chi connectivity index (χ1v) is 5.23. The highest BCUT2D eigenvalue weighted by molar-refractivity contribution is 9.10. The highest BCUT2D eigenvalue weighted by Gasteiger charge is 2.25. The van der Waals surface area contributed by atoms with Gasteiger partial charge in [-0.3, -0.25) is 4.98 Å². The molecule has 1 heterocycles. The number of nitrogens with zero attached hydrogens (tertiary/aromatic N) is 1. The maximum Gasteiger partial charge on any atom is 0.123 e. The van der Waals surface area contributed by atoms with Gasteiger partial charge in [-0.1, -0.05) is 0 Å². The lowest BCUT2D eigenvalue weighted by atomic mass is 9.96. The lowest BCUT2D eigenvalue weighted by molar-refractivity contribution is 0.216. The Hall–Kier alpha value is -0.480. The van der Waals surface area contributed by atoms with E-state index in [9.17, 15) is 4.39 Å². The van der Waals surface area contributed by atoms with Crippen LogP contribution in [0.5, 0.6) is 0 Å². The van der Waals surface area contributed by atoms with Gasteiger partial charge in [0.05, 0.1) is 5.69 Å². The molecule has 4 heteroatoms. The molecule has 0 aliphatic carbocycles. The van der Waals surface area contributed by atoms with E-state index in [0.717, 1.165) is 4.47 Å². The van der Waals surface area contributed by atoms with Crippen LogP contribution in [0.1, 0.15) is 19.5 Å². The van der Waals surface area contributed by atoms with Gasteiger partial charge in [0, 0.05) is 22.6 Å². The smallest absolute Gasteiger partial charge is 0.123 e. The Morgan fingerprint density at radius 3 is 2.79 bits per heavy atom. The van der Waals surface area contributed by atoms with Gasteiger partial charge < -0.3 is 5.73 Å². The molecular formula is C10H14BrFN2. The van der Waals surface area contributed by atoms with Gasteiger partial charge in [0.2, 0.25) is 0 Å². The molecule has 0 aliphatic heterocycles. The predicted molar refractivity (Wildman–Crippen MR) is 58.8 cm³/mol. The fourth-order valence-corrected chi connectivity index (χ4v) is 1.42. The molecule has 1 atom stereocenters. The molecule has 0 bridgehead atoms. The molecular weight excluding hydrogens is 247 g/mol. The molecule has 2 N–H and O–H groups in total. The fraction of sp³-hybridized carbons (Fsp3) is 0.500. The number of hydrogen-bond acceptors (Lipinski definition) is 2. The third-order valence-electron chi connectivity index (χ3n) is 2.01. The van der Waals surface area contributed by atoms with E-state index in [4.69, 9.17) is 5.73 Å². The Morgan fingerprint density at radius 1 is 1.64 bits per heavy atom. The van der Waals surface area contributed by atoms with E-state index in [-0.39, 0.29) is 6.42 Å². The number of pyridine rings is 1. The lowest BCUT2D eigenvalue weighted by Crippen LogP contribution is -2.43. The van der Waals surface area contributed by atoms with Crippen molar-refractivity contribution in [1.82, 2.24) is 4.98 Å². The summed E-state index contributed by atoms with van der Waals surface area (Å²) in [7, 11) is 0. The summed E-state index contributed by atoms with van der Waals surface area (Å²) in [5.41, 5.74) is 5.54. The van der Waals surface area contributed by atoms with Gasteiger partial charge in [-0.2, -0.15) is 0 Å². The maximum absolute atomic E-state index is 13.6. The molecule has 0 radical (unpaired) electrons. The van der Waals surface area contributed by atoms with Gasteiger partial charge >= 0.3 is 0 Å². The molecule has 14 heavy (non-hydrogen) atoms. The van der Waals surface area contributed by atoms with Crippen LogP contribution in [-0.4, -0.2) is 16.7 Å². The van der Waals surface area contributed by atoms with Gasteiger partial charge in [0.1, 0.15) is 6.17 Å². The molecule has 0 aliphatic rings. The van der Waals surface area contributed by atoms with Crippen molar-refractivity contribution in [1.29, 1.82) is 0 Å². The standard InChI is InChI=1S/C10H14BrFN2/c1-10(2,13)9(12)6-8-7(11)4-3-5-14-8/h3-5,9H,6,13H2,1-2H3. The molecule has 1 aromatic heterocycles. The second kappa shape index (κ2) is 4.36. The number of nitrogens with two attached hydrogens (primary N) is 1. The van der Waals surface area contributed by atoms with Crippen LogP contribution in [0.15, 0.2) is 22.8 Å². The van der Waals surface area contributed by atoms with Crippen molar-refractivity contribution in [2.75, 3.05) is 0 Å². The molecule has 0 amide bonds. The van der Waals surface area contributed by atoms with Crippen molar-refractivity contribution >= 4 is 15.9 Å². The third-order valence-corrected chi connectivity index (χ3v) is 2.74. The first kappa shape index (κ1) is 11.6. The van der Waals surface area contributed by atoms with Crippen molar-refractivity contribution in [3.8, 4) is 0 Å². The van der Waals surface area contributed by atoms with Crippen molar-refractivity contribution < 1.29 is 4.39 Å². The molecule has 0 saturated heterocycles. The minimum absolute atomic E-state index is 0.241. The summed E-state index contributed by atoms with van der Waals surface area (Å²) in [6, 6.07) is 3.65. The summed E-state index contributed by atoms with van der Waals surface area (Å²) in [6.45, 7) is 3.35. The minimum atomic E-state index is -1.09. The van der Waals surface area contributed by atoms with Crippen LogP contribution >= 0.6 is 15.9 Å². The van der Waals surface area contributed by atoms with E-state index < -0.39 is 11.7 Å². The zero-order valence-corrected chi connectivity index (χ0v) is 9.88. The third kappa shape index (κ3) is 3.03. The van der Waals surface area contributed by atoms with Crippen LogP contribution in [0.3, 0.4) is 0 Å². The minimum Gasteiger partial charge on any atom is -0.323 e. The van der Waals surface area contributed by atoms with Crippen LogP contribution < -0.4 is 5.73 Å². The van der Waals surface area contributed by atoms with Crippen molar-refractivity contribution in [3.63, 3.8) is 0 Å². The Bertz CT molecular complexity index is 309. The van der Waals surface area contributed by atoms with Crippen molar-refractivity contribution in [2.24, 2.45) is 5.73 Å². The summed E-state index contributed by atoms with van der Waals surface area (Å²) in [5, 5.41) is 0. The molecule has 1 unspecified atom stereocenters. The Balaban J connectivity index is 2.75. The van der Waals surface area contributed by atoms with E-state index in [1.165, 1.54) is 0 Å². The lowest BCUT2D eigenvalue weighted by Gasteiger charge is -2.23. The largest absolute Gasteiger partial charge is 0.323 e. The monoisotopic (exact) mass is 260 g/mol. The molecule has 0 spiro atoms. The van der Waals surface area contributed by atoms with Crippen molar-refractivity contribution in [2.45, 2.75) is 32.0 Å². The SMILES string of the molecule is CC(C)(N)C(F)Cc1ncccc1Br. The summed E-state index contributed by atoms with van der Waals surface area (Å²) < 4.78 is 14.4. The fourth-order valence-electron chi connectivity index (χ4n) is 1.00. The van der Waals surface area contributed by atoms with E-state index in [1.807, 2.05) is 6.07 Å². The average molecular weight is 261 g/mol. The Labute approximate surface area is 91.8 Å². The van der Waals surface area contributed by atoms with Crippen LogP contribution in [0.25, 0.3) is 0 Å². The van der Waals surface area contributed by atoms with Crippen LogP contribution in [0.2, 0.25) is 0 Å². The summed E-state index contributed by atoms with van der Waals surface area (Å²) in [6.07, 6.45) is 0.801. The van der Waals surface area contributed by atoms with Gasteiger partial charge in [-0.25, -0.2) is 4.39 Å². The van der Waals surface area contributed by atoms with E-state index in [2.05, 4.69) is 20.9 Å². The zero-order valence-electron chi connectivity index (χ0n) is 8.30. The van der Waals surface area contributed by atoms with E-state index >= 15 is 0 Å². The summed E-state index contributed by atoms with van der Waals surface area (Å²) in [4.78, 5) is 4.09. The molecule has 0 saturated carbocycles. The molecule has 2 nitrogen and oxygen atoms in total. The van der Waals surface area contributed by atoms with Gasteiger partial charge in [0.25, 0.3) is 0 Å². The molecule has 1 rings (SSSR count). The van der Waals surface area contributed by atoms with Gasteiger partial charge in [0.15, 0.2) is 0 Å². The topological polar surface area (TPSA) is 38.9 Å². The van der Waals surface area contributed by atoms with Crippen molar-refractivity contribution in [3.05, 3.63) is 28.5 Å². The number of rotatable bonds is 3. The van der Waals surface area contributed by atoms with E-state index in [0.29, 0.717) is 5.69 Å². The average Bonchev–Trinajstić information content (AvgIpc) is 2.07. The normalized spacial score (nSPS) is 14.1. The molecule has 1 aromatic rings. The number of alkyl halides is 1.